The lowest BCUT2D eigenvalue weighted by Gasteiger charge is -2.32. The van der Waals surface area contributed by atoms with Gasteiger partial charge in [-0.15, -0.1) is 0 Å². The van der Waals surface area contributed by atoms with Gasteiger partial charge < -0.3 is 15.9 Å². The molecule has 0 bridgehead atoms. The summed E-state index contributed by atoms with van der Waals surface area (Å²) >= 11 is 0. The molecule has 0 amide bonds. The Morgan fingerprint density at radius 2 is 1.73 bits per heavy atom. The smallest absolute Gasteiger partial charge is 0.192 e. The first-order chi connectivity index (χ1) is 7.17. The maximum absolute atomic E-state index is 6.05. The minimum Gasteiger partial charge on any atom is -0.417 e. The summed E-state index contributed by atoms with van der Waals surface area (Å²) < 4.78 is 6.05. The van der Waals surface area contributed by atoms with Gasteiger partial charge in [-0.05, 0) is 50.5 Å². The fraction of sp³-hybridized carbons (Fsp3) is 1.00. The molecule has 1 atom stereocenters. The van der Waals surface area contributed by atoms with Crippen LogP contribution >= 0.6 is 0 Å². The van der Waals surface area contributed by atoms with E-state index in [9.17, 15) is 0 Å². The van der Waals surface area contributed by atoms with Crippen LogP contribution < -0.4 is 11.5 Å². The van der Waals surface area contributed by atoms with E-state index in [-0.39, 0.29) is 0 Å². The van der Waals surface area contributed by atoms with Crippen molar-refractivity contribution in [1.82, 2.24) is 0 Å². The lowest BCUT2D eigenvalue weighted by Crippen LogP contribution is -2.40. The zero-order valence-corrected chi connectivity index (χ0v) is 11.6. The number of nitrogens with two attached hydrogens (primary N) is 2. The molecule has 0 aliphatic carbocycles. The summed E-state index contributed by atoms with van der Waals surface area (Å²) in [5, 5.41) is 0. The number of hydrogen-bond acceptors (Lipinski definition) is 3. The fourth-order valence-corrected chi connectivity index (χ4v) is 5.81. The van der Waals surface area contributed by atoms with Gasteiger partial charge in [0.25, 0.3) is 0 Å². The molecule has 0 heterocycles. The number of rotatable bonds is 9. The molecule has 0 saturated carbocycles. The zero-order valence-electron chi connectivity index (χ0n) is 10.6. The monoisotopic (exact) mass is 232 g/mol. The average molecular weight is 232 g/mol. The van der Waals surface area contributed by atoms with Gasteiger partial charge in [-0.3, -0.25) is 0 Å². The van der Waals surface area contributed by atoms with Crippen molar-refractivity contribution in [1.29, 1.82) is 0 Å². The summed E-state index contributed by atoms with van der Waals surface area (Å²) in [5.74, 6) is 0.563. The molecule has 0 aliphatic rings. The van der Waals surface area contributed by atoms with Crippen LogP contribution in [-0.4, -0.2) is 28.0 Å². The summed E-state index contributed by atoms with van der Waals surface area (Å²) in [4.78, 5) is 0. The number of hydrogen-bond donors (Lipinski definition) is 2. The van der Waals surface area contributed by atoms with Crippen molar-refractivity contribution in [3.63, 3.8) is 0 Å². The van der Waals surface area contributed by atoms with Gasteiger partial charge in [-0.25, -0.2) is 0 Å². The van der Waals surface area contributed by atoms with Gasteiger partial charge in [-0.1, -0.05) is 13.8 Å². The highest BCUT2D eigenvalue weighted by molar-refractivity contribution is 6.73. The van der Waals surface area contributed by atoms with Gasteiger partial charge in [0, 0.05) is 6.61 Å². The van der Waals surface area contributed by atoms with E-state index in [1.165, 1.54) is 18.1 Å². The summed E-state index contributed by atoms with van der Waals surface area (Å²) in [6, 6.07) is 3.57. The molecule has 4 N–H and O–H groups in total. The predicted octanol–water partition coefficient (Wildman–Crippen LogP) is 1.93. The van der Waals surface area contributed by atoms with Crippen LogP contribution in [0.4, 0.5) is 0 Å². The highest BCUT2D eigenvalue weighted by Gasteiger charge is 2.32. The molecule has 0 aliphatic heterocycles. The molecule has 0 aromatic rings. The van der Waals surface area contributed by atoms with Crippen molar-refractivity contribution in [2.24, 2.45) is 17.4 Å². The van der Waals surface area contributed by atoms with E-state index < -0.39 is 8.32 Å². The van der Waals surface area contributed by atoms with E-state index in [1.807, 2.05) is 0 Å². The maximum atomic E-state index is 6.05. The standard InChI is InChI=1S/C11H28N2OSi/c1-4-14-15(5-2,6-3)10-11(9-13)7-8-12/h11H,4-10,12-13H2,1-3H3. The fourth-order valence-electron chi connectivity index (χ4n) is 2.17. The first-order valence-corrected chi connectivity index (χ1v) is 8.75. The van der Waals surface area contributed by atoms with Crippen molar-refractivity contribution in [2.45, 2.75) is 45.3 Å². The van der Waals surface area contributed by atoms with Gasteiger partial charge in [0.1, 0.15) is 0 Å². The molecule has 0 aromatic heterocycles. The molecular formula is C11H28N2OSi. The second kappa shape index (κ2) is 8.27. The summed E-state index contributed by atoms with van der Waals surface area (Å²) in [6.07, 6.45) is 1.04. The van der Waals surface area contributed by atoms with Crippen molar-refractivity contribution in [3.8, 4) is 0 Å². The predicted molar refractivity (Wildman–Crippen MR) is 69.4 cm³/mol. The normalized spacial score (nSPS) is 14.2. The van der Waals surface area contributed by atoms with Crippen LogP contribution in [0.2, 0.25) is 18.1 Å². The third-order valence-corrected chi connectivity index (χ3v) is 8.11. The van der Waals surface area contributed by atoms with Crippen LogP contribution in [0.5, 0.6) is 0 Å². The van der Waals surface area contributed by atoms with Gasteiger partial charge in [0.2, 0.25) is 0 Å². The Morgan fingerprint density at radius 3 is 2.07 bits per heavy atom. The van der Waals surface area contributed by atoms with E-state index in [0.717, 1.165) is 26.1 Å². The van der Waals surface area contributed by atoms with Gasteiger partial charge >= 0.3 is 0 Å². The van der Waals surface area contributed by atoms with E-state index in [0.29, 0.717) is 5.92 Å². The van der Waals surface area contributed by atoms with Crippen LogP contribution in [0.1, 0.15) is 27.2 Å². The van der Waals surface area contributed by atoms with E-state index in [4.69, 9.17) is 15.9 Å². The van der Waals surface area contributed by atoms with Gasteiger partial charge in [0.15, 0.2) is 8.32 Å². The molecule has 0 saturated heterocycles. The molecule has 15 heavy (non-hydrogen) atoms. The quantitative estimate of drug-likeness (QED) is 0.597. The van der Waals surface area contributed by atoms with E-state index in [1.54, 1.807) is 0 Å². The second-order valence-corrected chi connectivity index (χ2v) is 8.68. The zero-order chi connectivity index (χ0) is 11.7. The molecule has 92 valence electrons. The van der Waals surface area contributed by atoms with Crippen molar-refractivity contribution in [2.75, 3.05) is 19.7 Å². The lowest BCUT2D eigenvalue weighted by atomic mass is 10.1. The van der Waals surface area contributed by atoms with E-state index in [2.05, 4.69) is 20.8 Å². The molecule has 0 rings (SSSR count). The van der Waals surface area contributed by atoms with Crippen molar-refractivity contribution >= 4 is 8.32 Å². The average Bonchev–Trinajstić information content (AvgIpc) is 2.27. The van der Waals surface area contributed by atoms with Crippen LogP contribution in [0.25, 0.3) is 0 Å². The molecule has 0 spiro atoms. The highest BCUT2D eigenvalue weighted by Crippen LogP contribution is 2.27. The van der Waals surface area contributed by atoms with Crippen molar-refractivity contribution < 1.29 is 4.43 Å². The largest absolute Gasteiger partial charge is 0.417 e. The minimum atomic E-state index is -1.50. The summed E-state index contributed by atoms with van der Waals surface area (Å²) in [5.41, 5.74) is 11.4. The molecular weight excluding hydrogens is 204 g/mol. The van der Waals surface area contributed by atoms with Crippen LogP contribution in [0, 0.1) is 5.92 Å². The summed E-state index contributed by atoms with van der Waals surface area (Å²) in [6.45, 7) is 8.93. The highest BCUT2D eigenvalue weighted by atomic mass is 28.4. The Balaban J connectivity index is 4.34. The van der Waals surface area contributed by atoms with Crippen molar-refractivity contribution in [3.05, 3.63) is 0 Å². The Bertz CT molecular complexity index is 152. The minimum absolute atomic E-state index is 0.563. The van der Waals surface area contributed by atoms with Crippen LogP contribution in [0.15, 0.2) is 0 Å². The topological polar surface area (TPSA) is 61.3 Å². The second-order valence-electron chi connectivity index (χ2n) is 4.21. The maximum Gasteiger partial charge on any atom is 0.192 e. The SMILES string of the molecule is CCO[Si](CC)(CC)CC(CN)CCN. The first-order valence-electron chi connectivity index (χ1n) is 6.22. The Kier molecular flexibility index (Phi) is 8.33. The molecule has 4 heteroatoms. The van der Waals surface area contributed by atoms with E-state index >= 15 is 0 Å². The Hall–Kier alpha value is 0.0969. The Labute approximate surface area is 95.7 Å². The third-order valence-electron chi connectivity index (χ3n) is 3.31. The summed E-state index contributed by atoms with van der Waals surface area (Å²) in [7, 11) is -1.50. The van der Waals surface area contributed by atoms with Crippen LogP contribution in [-0.2, 0) is 4.43 Å². The van der Waals surface area contributed by atoms with Gasteiger partial charge in [0.05, 0.1) is 0 Å². The lowest BCUT2D eigenvalue weighted by molar-refractivity contribution is 0.311. The molecule has 3 nitrogen and oxygen atoms in total. The van der Waals surface area contributed by atoms with Gasteiger partial charge in [-0.2, -0.15) is 0 Å². The molecule has 0 radical (unpaired) electrons. The Morgan fingerprint density at radius 1 is 1.13 bits per heavy atom. The molecule has 0 aromatic carbocycles. The van der Waals surface area contributed by atoms with Crippen LogP contribution in [0.3, 0.4) is 0 Å². The molecule has 1 unspecified atom stereocenters. The first kappa shape index (κ1) is 15.1. The third kappa shape index (κ3) is 5.11. The molecule has 0 fully saturated rings.